The fraction of sp³-hybridized carbons (Fsp3) is 0. The summed E-state index contributed by atoms with van der Waals surface area (Å²) in [7, 11) is 0. The molecule has 30 heavy (non-hydrogen) atoms. The number of benzene rings is 3. The van der Waals surface area contributed by atoms with Gasteiger partial charge < -0.3 is 43.4 Å². The summed E-state index contributed by atoms with van der Waals surface area (Å²) >= 11 is 0. The minimum absolute atomic E-state index is 0.0186. The van der Waals surface area contributed by atoms with Gasteiger partial charge in [-0.05, 0) is 54.6 Å². The van der Waals surface area contributed by atoms with Gasteiger partial charge in [-0.2, -0.15) is 0 Å². The maximum atomic E-state index is 10.4. The number of aromatic hydroxyl groups is 2. The molecule has 0 radical (unpaired) electrons. The number of carboxylic acid groups (broad SMARTS) is 2. The van der Waals surface area contributed by atoms with Gasteiger partial charge in [0.15, 0.2) is 0 Å². The Kier molecular flexibility index (Phi) is 8.33. The normalized spacial score (nSPS) is 9.33. The third-order valence-corrected chi connectivity index (χ3v) is 3.46. The fourth-order valence-electron chi connectivity index (χ4n) is 1.93. The average molecular weight is 414 g/mol. The molecule has 0 aliphatic rings. The van der Waals surface area contributed by atoms with Crippen molar-refractivity contribution < 1.29 is 30.0 Å². The standard InChI is InChI=1S/C8H6O4.2C6H8N2O/c9-7(10)5-2-1-3-6(4-5)8(11)12;2*7-4-1-2-6(9)5(8)3-4/h1-4H,(H,9,10)(H,11,12);2*1-3,9H,7-8H2. The number of phenols is 2. The lowest BCUT2D eigenvalue weighted by molar-refractivity contribution is 0.0696. The summed E-state index contributed by atoms with van der Waals surface area (Å²) in [5.74, 6) is -2.11. The minimum atomic E-state index is -1.13. The second kappa shape index (κ2) is 10.7. The number of anilines is 4. The van der Waals surface area contributed by atoms with E-state index in [1.54, 1.807) is 12.1 Å². The number of nitrogens with two attached hydrogens (primary N) is 4. The first-order valence-electron chi connectivity index (χ1n) is 8.25. The molecule has 10 nitrogen and oxygen atoms in total. The van der Waals surface area contributed by atoms with Gasteiger partial charge in [0, 0.05) is 11.4 Å². The highest BCUT2D eigenvalue weighted by Crippen LogP contribution is 2.21. The van der Waals surface area contributed by atoms with Crippen LogP contribution in [0.4, 0.5) is 22.7 Å². The van der Waals surface area contributed by atoms with Gasteiger partial charge >= 0.3 is 11.9 Å². The molecule has 12 N–H and O–H groups in total. The van der Waals surface area contributed by atoms with Gasteiger partial charge in [-0.3, -0.25) is 0 Å². The Labute approximate surface area is 171 Å². The Morgan fingerprint density at radius 3 is 1.23 bits per heavy atom. The number of nitrogen functional groups attached to an aromatic ring is 4. The maximum absolute atomic E-state index is 10.4. The van der Waals surface area contributed by atoms with Crippen LogP contribution in [-0.4, -0.2) is 32.4 Å². The number of hydrogen-bond acceptors (Lipinski definition) is 8. The Bertz CT molecular complexity index is 961. The fourth-order valence-corrected chi connectivity index (χ4v) is 1.93. The number of hydrogen-bond donors (Lipinski definition) is 8. The zero-order chi connectivity index (χ0) is 22.8. The van der Waals surface area contributed by atoms with Crippen molar-refractivity contribution in [3.8, 4) is 11.5 Å². The molecule has 0 fully saturated rings. The van der Waals surface area contributed by atoms with E-state index in [0.717, 1.165) is 6.07 Å². The Hall–Kier alpha value is -4.60. The predicted octanol–water partition coefficient (Wildman–Crippen LogP) is 2.20. The van der Waals surface area contributed by atoms with E-state index in [1.165, 1.54) is 42.5 Å². The third-order valence-electron chi connectivity index (χ3n) is 3.46. The van der Waals surface area contributed by atoms with Crippen molar-refractivity contribution in [2.75, 3.05) is 22.9 Å². The van der Waals surface area contributed by atoms with E-state index >= 15 is 0 Å². The molecule has 0 aliphatic heterocycles. The summed E-state index contributed by atoms with van der Waals surface area (Å²) in [6.45, 7) is 0. The molecule has 0 heterocycles. The van der Waals surface area contributed by atoms with Gasteiger partial charge in [-0.25, -0.2) is 9.59 Å². The third kappa shape index (κ3) is 7.56. The molecular weight excluding hydrogens is 392 g/mol. The first-order chi connectivity index (χ1) is 14.0. The van der Waals surface area contributed by atoms with Gasteiger partial charge in [0.2, 0.25) is 0 Å². The van der Waals surface area contributed by atoms with Crippen LogP contribution in [0, 0.1) is 0 Å². The van der Waals surface area contributed by atoms with Gasteiger partial charge in [-0.15, -0.1) is 0 Å². The number of rotatable bonds is 2. The van der Waals surface area contributed by atoms with Crippen LogP contribution in [0.1, 0.15) is 20.7 Å². The van der Waals surface area contributed by atoms with Crippen LogP contribution < -0.4 is 22.9 Å². The molecule has 0 bridgehead atoms. The summed E-state index contributed by atoms with van der Waals surface area (Å²) in [6.07, 6.45) is 0. The molecule has 3 aromatic rings. The van der Waals surface area contributed by atoms with Crippen LogP contribution in [0.15, 0.2) is 60.7 Å². The highest BCUT2D eigenvalue weighted by molar-refractivity contribution is 5.93. The van der Waals surface area contributed by atoms with E-state index in [0.29, 0.717) is 22.7 Å². The van der Waals surface area contributed by atoms with E-state index in [4.69, 9.17) is 43.4 Å². The van der Waals surface area contributed by atoms with Crippen LogP contribution in [0.2, 0.25) is 0 Å². The predicted molar refractivity (Wildman–Crippen MR) is 114 cm³/mol. The van der Waals surface area contributed by atoms with Crippen molar-refractivity contribution in [1.29, 1.82) is 0 Å². The number of carboxylic acids is 2. The Balaban J connectivity index is 0.000000229. The van der Waals surface area contributed by atoms with E-state index in [2.05, 4.69) is 0 Å². The van der Waals surface area contributed by atoms with Crippen LogP contribution >= 0.6 is 0 Å². The van der Waals surface area contributed by atoms with E-state index in [1.807, 2.05) is 0 Å². The van der Waals surface area contributed by atoms with Crippen LogP contribution in [0.5, 0.6) is 11.5 Å². The molecule has 0 atom stereocenters. The molecule has 0 aliphatic carbocycles. The lowest BCUT2D eigenvalue weighted by atomic mass is 10.1. The first kappa shape index (κ1) is 23.4. The lowest BCUT2D eigenvalue weighted by Crippen LogP contribution is -2.01. The Morgan fingerprint density at radius 1 is 0.600 bits per heavy atom. The SMILES string of the molecule is Nc1ccc(O)c(N)c1.Nc1ccc(O)c(N)c1.O=C(O)c1cccc(C(=O)O)c1. The summed E-state index contributed by atoms with van der Waals surface area (Å²) < 4.78 is 0. The molecule has 3 rings (SSSR count). The van der Waals surface area contributed by atoms with Crippen molar-refractivity contribution in [1.82, 2.24) is 0 Å². The Morgan fingerprint density at radius 2 is 0.967 bits per heavy atom. The molecule has 10 heteroatoms. The largest absolute Gasteiger partial charge is 0.506 e. The summed E-state index contributed by atoms with van der Waals surface area (Å²) in [4.78, 5) is 20.8. The van der Waals surface area contributed by atoms with Gasteiger partial charge in [-0.1, -0.05) is 6.07 Å². The quantitative estimate of drug-likeness (QED) is 0.173. The number of carbonyl (C=O) groups is 2. The smallest absolute Gasteiger partial charge is 0.335 e. The van der Waals surface area contributed by atoms with Crippen molar-refractivity contribution in [2.45, 2.75) is 0 Å². The number of aromatic carboxylic acids is 2. The second-order valence-corrected chi connectivity index (χ2v) is 5.83. The summed E-state index contributed by atoms with van der Waals surface area (Å²) in [6, 6.07) is 14.3. The molecule has 0 saturated carbocycles. The molecule has 158 valence electrons. The monoisotopic (exact) mass is 414 g/mol. The van der Waals surface area contributed by atoms with E-state index in [9.17, 15) is 9.59 Å². The van der Waals surface area contributed by atoms with Crippen LogP contribution in [0.25, 0.3) is 0 Å². The zero-order valence-electron chi connectivity index (χ0n) is 15.7. The first-order valence-corrected chi connectivity index (χ1v) is 8.25. The van der Waals surface area contributed by atoms with Gasteiger partial charge in [0.1, 0.15) is 11.5 Å². The molecule has 0 unspecified atom stereocenters. The van der Waals surface area contributed by atoms with Crippen molar-refractivity contribution in [3.63, 3.8) is 0 Å². The zero-order valence-corrected chi connectivity index (χ0v) is 15.7. The molecule has 3 aromatic carbocycles. The van der Waals surface area contributed by atoms with Crippen molar-refractivity contribution in [2.24, 2.45) is 0 Å². The van der Waals surface area contributed by atoms with Gasteiger partial charge in [0.25, 0.3) is 0 Å². The van der Waals surface area contributed by atoms with Gasteiger partial charge in [0.05, 0.1) is 22.5 Å². The average Bonchev–Trinajstić information content (AvgIpc) is 2.69. The second-order valence-electron chi connectivity index (χ2n) is 5.83. The van der Waals surface area contributed by atoms with Crippen molar-refractivity contribution >= 4 is 34.7 Å². The summed E-state index contributed by atoms with van der Waals surface area (Å²) in [5, 5.41) is 34.7. The molecule has 0 aromatic heterocycles. The van der Waals surface area contributed by atoms with Crippen LogP contribution in [-0.2, 0) is 0 Å². The molecule has 0 spiro atoms. The van der Waals surface area contributed by atoms with E-state index in [-0.39, 0.29) is 22.6 Å². The van der Waals surface area contributed by atoms with Crippen LogP contribution in [0.3, 0.4) is 0 Å². The summed E-state index contributed by atoms with van der Waals surface area (Å²) in [5.41, 5.74) is 23.0. The van der Waals surface area contributed by atoms with E-state index < -0.39 is 11.9 Å². The maximum Gasteiger partial charge on any atom is 0.335 e. The highest BCUT2D eigenvalue weighted by atomic mass is 16.4. The molecule has 0 saturated heterocycles. The number of phenolic OH excluding ortho intramolecular Hbond substituents is 2. The van der Waals surface area contributed by atoms with Crippen molar-refractivity contribution in [3.05, 3.63) is 71.8 Å². The topological polar surface area (TPSA) is 219 Å². The minimum Gasteiger partial charge on any atom is -0.506 e. The highest BCUT2D eigenvalue weighted by Gasteiger charge is 2.06. The lowest BCUT2D eigenvalue weighted by Gasteiger charge is -1.97. The molecule has 0 amide bonds. The molecular formula is C20H22N4O6.